The first-order valence-electron chi connectivity index (χ1n) is 9.98. The number of aromatic nitrogens is 1. The molecule has 1 fully saturated rings. The van der Waals surface area contributed by atoms with Crippen LogP contribution in [0, 0.1) is 6.92 Å². The van der Waals surface area contributed by atoms with Crippen LogP contribution in [0.3, 0.4) is 0 Å². The van der Waals surface area contributed by atoms with Gasteiger partial charge in [-0.3, -0.25) is 9.69 Å². The lowest BCUT2D eigenvalue weighted by molar-refractivity contribution is -0.120. The molecule has 2 aromatic heterocycles. The predicted octanol–water partition coefficient (Wildman–Crippen LogP) is 3.19. The molecule has 6 nitrogen and oxygen atoms in total. The van der Waals surface area contributed by atoms with Gasteiger partial charge in [0, 0.05) is 45.0 Å². The van der Waals surface area contributed by atoms with Gasteiger partial charge >= 0.3 is 0 Å². The van der Waals surface area contributed by atoms with E-state index in [2.05, 4.69) is 44.4 Å². The van der Waals surface area contributed by atoms with Crippen LogP contribution in [-0.2, 0) is 11.2 Å². The van der Waals surface area contributed by atoms with Crippen molar-refractivity contribution in [2.24, 2.45) is 0 Å². The van der Waals surface area contributed by atoms with Crippen molar-refractivity contribution in [2.75, 3.05) is 44.2 Å². The number of nitrogens with one attached hydrogen (secondary N) is 1. The van der Waals surface area contributed by atoms with E-state index in [1.54, 1.807) is 11.3 Å². The number of piperazine rings is 1. The Labute approximate surface area is 175 Å². The average molecular weight is 411 g/mol. The number of hydrogen-bond acceptors (Lipinski definition) is 6. The first kappa shape index (κ1) is 19.7. The van der Waals surface area contributed by atoms with Gasteiger partial charge in [0.05, 0.1) is 17.0 Å². The van der Waals surface area contributed by atoms with E-state index in [4.69, 9.17) is 4.42 Å². The van der Waals surface area contributed by atoms with Gasteiger partial charge in [0.15, 0.2) is 0 Å². The molecule has 7 heteroatoms. The molecule has 0 atom stereocenters. The number of carbonyl (C=O) groups excluding carboxylic acids is 1. The Balaban J connectivity index is 1.19. The number of hydrogen-bond donors (Lipinski definition) is 1. The Bertz CT molecular complexity index is 916. The van der Waals surface area contributed by atoms with Crippen LogP contribution >= 0.6 is 11.3 Å². The zero-order valence-electron chi connectivity index (χ0n) is 16.6. The zero-order valence-corrected chi connectivity index (χ0v) is 17.5. The molecule has 1 aliphatic heterocycles. The molecule has 3 heterocycles. The summed E-state index contributed by atoms with van der Waals surface area (Å²) in [6, 6.07) is 14.5. The van der Waals surface area contributed by atoms with Crippen LogP contribution in [0.25, 0.3) is 10.8 Å². The molecule has 3 aromatic rings. The summed E-state index contributed by atoms with van der Waals surface area (Å²) in [7, 11) is 0. The van der Waals surface area contributed by atoms with Crippen molar-refractivity contribution in [3.63, 3.8) is 0 Å². The van der Waals surface area contributed by atoms with Gasteiger partial charge in [0.1, 0.15) is 5.76 Å². The second kappa shape index (κ2) is 9.24. The number of aryl methyl sites for hydroxylation is 1. The molecule has 4 rings (SSSR count). The third-order valence-corrected chi connectivity index (χ3v) is 6.05. The SMILES string of the molecule is Cc1oc(-c2cccs2)nc1CC(=O)NCCN1CCN(c2ccccc2)CC1. The van der Waals surface area contributed by atoms with Gasteiger partial charge in [-0.1, -0.05) is 24.3 Å². The largest absolute Gasteiger partial charge is 0.440 e. The van der Waals surface area contributed by atoms with Crippen LogP contribution in [-0.4, -0.2) is 55.1 Å². The molecule has 0 unspecified atom stereocenters. The van der Waals surface area contributed by atoms with Crippen molar-refractivity contribution in [1.82, 2.24) is 15.2 Å². The Morgan fingerprint density at radius 3 is 2.66 bits per heavy atom. The van der Waals surface area contributed by atoms with Crippen molar-refractivity contribution >= 4 is 22.9 Å². The summed E-state index contributed by atoms with van der Waals surface area (Å²) in [5.74, 6) is 1.29. The predicted molar refractivity (Wildman–Crippen MR) is 116 cm³/mol. The van der Waals surface area contributed by atoms with E-state index in [1.165, 1.54) is 5.69 Å². The maximum atomic E-state index is 12.3. The van der Waals surface area contributed by atoms with E-state index >= 15 is 0 Å². The molecule has 152 valence electrons. The number of carbonyl (C=O) groups is 1. The summed E-state index contributed by atoms with van der Waals surface area (Å²) >= 11 is 1.58. The molecular formula is C22H26N4O2S. The highest BCUT2D eigenvalue weighted by Gasteiger charge is 2.18. The van der Waals surface area contributed by atoms with E-state index in [0.717, 1.165) is 37.6 Å². The Morgan fingerprint density at radius 2 is 1.93 bits per heavy atom. The van der Waals surface area contributed by atoms with E-state index < -0.39 is 0 Å². The molecule has 0 bridgehead atoms. The van der Waals surface area contributed by atoms with Gasteiger partial charge in [-0.05, 0) is 30.5 Å². The normalized spacial score (nSPS) is 14.9. The summed E-state index contributed by atoms with van der Waals surface area (Å²) < 4.78 is 5.71. The minimum absolute atomic E-state index is 0.0120. The van der Waals surface area contributed by atoms with E-state index in [0.29, 0.717) is 23.9 Å². The highest BCUT2D eigenvalue weighted by atomic mass is 32.1. The number of amides is 1. The zero-order chi connectivity index (χ0) is 20.1. The minimum Gasteiger partial charge on any atom is -0.440 e. The summed E-state index contributed by atoms with van der Waals surface area (Å²) in [6.07, 6.45) is 0.252. The van der Waals surface area contributed by atoms with Gasteiger partial charge in [-0.15, -0.1) is 11.3 Å². The summed E-state index contributed by atoms with van der Waals surface area (Å²) in [5, 5.41) is 5.01. The summed E-state index contributed by atoms with van der Waals surface area (Å²) in [4.78, 5) is 22.6. The van der Waals surface area contributed by atoms with Crippen LogP contribution in [0.5, 0.6) is 0 Å². The first-order valence-corrected chi connectivity index (χ1v) is 10.9. The topological polar surface area (TPSA) is 61.6 Å². The van der Waals surface area contributed by atoms with Crippen molar-refractivity contribution in [2.45, 2.75) is 13.3 Å². The molecule has 0 aliphatic carbocycles. The van der Waals surface area contributed by atoms with Crippen LogP contribution < -0.4 is 10.2 Å². The van der Waals surface area contributed by atoms with Gasteiger partial charge in [-0.25, -0.2) is 4.98 Å². The van der Waals surface area contributed by atoms with Crippen LogP contribution in [0.1, 0.15) is 11.5 Å². The molecular weight excluding hydrogens is 384 g/mol. The minimum atomic E-state index is -0.0120. The van der Waals surface area contributed by atoms with Crippen LogP contribution in [0.2, 0.25) is 0 Å². The number of para-hydroxylation sites is 1. The van der Waals surface area contributed by atoms with Gasteiger partial charge in [0.25, 0.3) is 0 Å². The maximum absolute atomic E-state index is 12.3. The van der Waals surface area contributed by atoms with Gasteiger partial charge in [-0.2, -0.15) is 0 Å². The van der Waals surface area contributed by atoms with Gasteiger partial charge < -0.3 is 14.6 Å². The van der Waals surface area contributed by atoms with Crippen molar-refractivity contribution in [3.8, 4) is 10.8 Å². The molecule has 0 saturated carbocycles. The number of rotatable bonds is 7. The van der Waals surface area contributed by atoms with E-state index in [9.17, 15) is 4.79 Å². The maximum Gasteiger partial charge on any atom is 0.236 e. The third-order valence-electron chi connectivity index (χ3n) is 5.20. The lowest BCUT2D eigenvalue weighted by Gasteiger charge is -2.36. The number of nitrogens with zero attached hydrogens (tertiary/aromatic N) is 3. The number of thiophene rings is 1. The monoisotopic (exact) mass is 410 g/mol. The Morgan fingerprint density at radius 1 is 1.14 bits per heavy atom. The fourth-order valence-corrected chi connectivity index (χ4v) is 4.18. The molecule has 0 radical (unpaired) electrons. The molecule has 29 heavy (non-hydrogen) atoms. The Hall–Kier alpha value is -2.64. The fraction of sp³-hybridized carbons (Fsp3) is 0.364. The molecule has 1 aliphatic rings. The standard InChI is InChI=1S/C22H26N4O2S/c1-17-19(24-22(28-17)20-8-5-15-29-20)16-21(27)23-9-10-25-11-13-26(14-12-25)18-6-3-2-4-7-18/h2-8,15H,9-14,16H2,1H3,(H,23,27). The molecule has 0 spiro atoms. The average Bonchev–Trinajstić information content (AvgIpc) is 3.40. The lowest BCUT2D eigenvalue weighted by atomic mass is 10.2. The highest BCUT2D eigenvalue weighted by Crippen LogP contribution is 2.26. The fourth-order valence-electron chi connectivity index (χ4n) is 3.53. The number of oxazole rings is 1. The smallest absolute Gasteiger partial charge is 0.236 e. The second-order valence-electron chi connectivity index (χ2n) is 7.19. The number of anilines is 1. The molecule has 1 aromatic carbocycles. The lowest BCUT2D eigenvalue weighted by Crippen LogP contribution is -2.48. The van der Waals surface area contributed by atoms with Crippen molar-refractivity contribution < 1.29 is 9.21 Å². The summed E-state index contributed by atoms with van der Waals surface area (Å²) in [6.45, 7) is 7.43. The van der Waals surface area contributed by atoms with Gasteiger partial charge in [0.2, 0.25) is 11.8 Å². The third kappa shape index (κ3) is 5.05. The summed E-state index contributed by atoms with van der Waals surface area (Å²) in [5.41, 5.74) is 1.99. The van der Waals surface area contributed by atoms with E-state index in [-0.39, 0.29) is 12.3 Å². The van der Waals surface area contributed by atoms with E-state index in [1.807, 2.05) is 30.5 Å². The highest BCUT2D eigenvalue weighted by molar-refractivity contribution is 7.13. The van der Waals surface area contributed by atoms with Crippen molar-refractivity contribution in [3.05, 3.63) is 59.3 Å². The Kier molecular flexibility index (Phi) is 6.27. The number of benzene rings is 1. The quantitative estimate of drug-likeness (QED) is 0.648. The molecule has 1 N–H and O–H groups in total. The first-order chi connectivity index (χ1) is 14.2. The molecule has 1 amide bonds. The second-order valence-corrected chi connectivity index (χ2v) is 8.14. The van der Waals surface area contributed by atoms with Crippen molar-refractivity contribution in [1.29, 1.82) is 0 Å². The van der Waals surface area contributed by atoms with Crippen LogP contribution in [0.4, 0.5) is 5.69 Å². The molecule has 1 saturated heterocycles. The van der Waals surface area contributed by atoms with Crippen LogP contribution in [0.15, 0.2) is 52.3 Å².